The van der Waals surface area contributed by atoms with Crippen LogP contribution in [0.5, 0.6) is 0 Å². The number of nitrogens with one attached hydrogen (secondary N) is 1. The predicted molar refractivity (Wildman–Crippen MR) is 80.4 cm³/mol. The summed E-state index contributed by atoms with van der Waals surface area (Å²) in [5.41, 5.74) is 1.18. The normalized spacial score (nSPS) is 24.5. The topological polar surface area (TPSA) is 24.5 Å². The summed E-state index contributed by atoms with van der Waals surface area (Å²) in [6.07, 6.45) is 0.169. The Balaban J connectivity index is 2.23. The number of likely N-dealkylation sites (N-methyl/N-ethyl adjacent to an activating group) is 1. The highest BCUT2D eigenvalue weighted by atomic mass is 35.5. The van der Waals surface area contributed by atoms with Crippen LogP contribution >= 0.6 is 23.2 Å². The third-order valence-electron chi connectivity index (χ3n) is 3.34. The third-order valence-corrected chi connectivity index (χ3v) is 4.08. The summed E-state index contributed by atoms with van der Waals surface area (Å²) in [6.45, 7) is 3.43. The minimum Gasteiger partial charge on any atom is -0.375 e. The zero-order chi connectivity index (χ0) is 13.8. The van der Waals surface area contributed by atoms with Crippen molar-refractivity contribution in [2.45, 2.75) is 12.0 Å². The lowest BCUT2D eigenvalue weighted by Crippen LogP contribution is -2.35. The fourth-order valence-electron chi connectivity index (χ4n) is 2.40. The van der Waals surface area contributed by atoms with Crippen LogP contribution in [0.2, 0.25) is 10.0 Å². The number of ether oxygens (including phenoxy) is 1. The molecule has 0 aliphatic carbocycles. The van der Waals surface area contributed by atoms with E-state index in [1.165, 1.54) is 5.56 Å². The second kappa shape index (κ2) is 6.91. The first kappa shape index (κ1) is 15.1. The van der Waals surface area contributed by atoms with Crippen molar-refractivity contribution >= 4 is 23.2 Å². The molecule has 0 bridgehead atoms. The van der Waals surface area contributed by atoms with Gasteiger partial charge in [0.1, 0.15) is 0 Å². The van der Waals surface area contributed by atoms with Gasteiger partial charge in [-0.15, -0.1) is 0 Å². The lowest BCUT2D eigenvalue weighted by Gasteiger charge is -2.27. The highest BCUT2D eigenvalue weighted by Crippen LogP contribution is 2.29. The molecule has 1 saturated heterocycles. The van der Waals surface area contributed by atoms with E-state index in [2.05, 4.69) is 24.3 Å². The van der Waals surface area contributed by atoms with E-state index in [0.717, 1.165) is 26.2 Å². The molecule has 2 atom stereocenters. The molecule has 106 valence electrons. The molecule has 0 saturated carbocycles. The summed E-state index contributed by atoms with van der Waals surface area (Å²) < 4.78 is 5.97. The molecule has 2 unspecified atom stereocenters. The first-order valence-corrected chi connectivity index (χ1v) is 7.25. The van der Waals surface area contributed by atoms with Crippen LogP contribution in [0.3, 0.4) is 0 Å². The van der Waals surface area contributed by atoms with Crippen molar-refractivity contribution in [3.8, 4) is 0 Å². The van der Waals surface area contributed by atoms with Crippen LogP contribution < -0.4 is 5.32 Å². The van der Waals surface area contributed by atoms with E-state index < -0.39 is 0 Å². The molecule has 1 aliphatic heterocycles. The first-order chi connectivity index (χ1) is 9.08. The molecule has 0 spiro atoms. The number of benzene rings is 1. The number of rotatable bonds is 3. The minimum absolute atomic E-state index is 0.169. The van der Waals surface area contributed by atoms with Crippen LogP contribution in [-0.2, 0) is 4.74 Å². The molecule has 1 heterocycles. The lowest BCUT2D eigenvalue weighted by atomic mass is 9.93. The fourth-order valence-corrected chi connectivity index (χ4v) is 2.71. The minimum atomic E-state index is 0.169. The van der Waals surface area contributed by atoms with Crippen molar-refractivity contribution < 1.29 is 4.74 Å². The van der Waals surface area contributed by atoms with E-state index in [1.54, 1.807) is 0 Å². The molecule has 3 nitrogen and oxygen atoms in total. The van der Waals surface area contributed by atoms with E-state index >= 15 is 0 Å². The van der Waals surface area contributed by atoms with Crippen LogP contribution in [0.25, 0.3) is 0 Å². The van der Waals surface area contributed by atoms with Crippen LogP contribution in [0, 0.1) is 0 Å². The molecule has 19 heavy (non-hydrogen) atoms. The Labute approximate surface area is 124 Å². The first-order valence-electron chi connectivity index (χ1n) is 6.50. The van der Waals surface area contributed by atoms with Gasteiger partial charge in [-0.1, -0.05) is 29.3 Å². The Morgan fingerprint density at radius 3 is 2.79 bits per heavy atom. The van der Waals surface area contributed by atoms with Crippen molar-refractivity contribution in [1.29, 1.82) is 0 Å². The molecule has 2 rings (SSSR count). The van der Waals surface area contributed by atoms with Crippen LogP contribution in [-0.4, -0.2) is 51.3 Å². The second-order valence-electron chi connectivity index (χ2n) is 5.16. The van der Waals surface area contributed by atoms with Crippen molar-refractivity contribution in [1.82, 2.24) is 10.2 Å². The van der Waals surface area contributed by atoms with Gasteiger partial charge in [0, 0.05) is 25.6 Å². The fraction of sp³-hybridized carbons (Fsp3) is 0.571. The quantitative estimate of drug-likeness (QED) is 0.929. The Morgan fingerprint density at radius 2 is 2.11 bits per heavy atom. The molecule has 5 heteroatoms. The second-order valence-corrected chi connectivity index (χ2v) is 5.97. The highest BCUT2D eigenvalue weighted by Gasteiger charge is 2.26. The Hall–Kier alpha value is -0.320. The van der Waals surface area contributed by atoms with Gasteiger partial charge in [-0.05, 0) is 31.8 Å². The molecule has 1 aliphatic rings. The van der Waals surface area contributed by atoms with Crippen molar-refractivity contribution in [3.05, 3.63) is 33.8 Å². The molecule has 0 amide bonds. The van der Waals surface area contributed by atoms with Crippen molar-refractivity contribution in [2.24, 2.45) is 0 Å². The Kier molecular flexibility index (Phi) is 5.48. The molecule has 1 aromatic rings. The van der Waals surface area contributed by atoms with Crippen LogP contribution in [0.15, 0.2) is 18.2 Å². The Bertz CT molecular complexity index is 426. The largest absolute Gasteiger partial charge is 0.375 e. The van der Waals surface area contributed by atoms with Gasteiger partial charge in [0.15, 0.2) is 0 Å². The molecule has 0 radical (unpaired) electrons. The van der Waals surface area contributed by atoms with Gasteiger partial charge in [-0.3, -0.25) is 0 Å². The highest BCUT2D eigenvalue weighted by molar-refractivity contribution is 6.42. The monoisotopic (exact) mass is 302 g/mol. The zero-order valence-corrected chi connectivity index (χ0v) is 12.8. The van der Waals surface area contributed by atoms with Gasteiger partial charge < -0.3 is 15.0 Å². The van der Waals surface area contributed by atoms with E-state index in [9.17, 15) is 0 Å². The van der Waals surface area contributed by atoms with Gasteiger partial charge in [0.05, 0.1) is 22.8 Å². The van der Waals surface area contributed by atoms with Crippen molar-refractivity contribution in [3.63, 3.8) is 0 Å². The van der Waals surface area contributed by atoms with Crippen LogP contribution in [0.4, 0.5) is 0 Å². The van der Waals surface area contributed by atoms with Crippen LogP contribution in [0.1, 0.15) is 11.5 Å². The summed E-state index contributed by atoms with van der Waals surface area (Å²) in [7, 11) is 4.13. The molecule has 0 aromatic heterocycles. The van der Waals surface area contributed by atoms with E-state index in [1.807, 2.05) is 18.2 Å². The molecule has 1 N–H and O–H groups in total. The zero-order valence-electron chi connectivity index (χ0n) is 11.3. The maximum atomic E-state index is 6.12. The standard InChI is InChI=1S/C14H20Cl2N2O/c1-18(2)9-14-11(8-17-5-6-19-14)10-3-4-12(15)13(16)7-10/h3-4,7,11,14,17H,5-6,8-9H2,1-2H3. The summed E-state index contributed by atoms with van der Waals surface area (Å²) in [5.74, 6) is 0.291. The van der Waals surface area contributed by atoms with Gasteiger partial charge in [0.2, 0.25) is 0 Å². The maximum absolute atomic E-state index is 6.12. The number of hydrogen-bond acceptors (Lipinski definition) is 3. The maximum Gasteiger partial charge on any atom is 0.0782 e. The number of halogens is 2. The SMILES string of the molecule is CN(C)CC1OCCNCC1c1ccc(Cl)c(Cl)c1. The van der Waals surface area contributed by atoms with Crippen molar-refractivity contribution in [2.75, 3.05) is 40.3 Å². The van der Waals surface area contributed by atoms with Gasteiger partial charge in [-0.2, -0.15) is 0 Å². The van der Waals surface area contributed by atoms with Gasteiger partial charge in [0.25, 0.3) is 0 Å². The summed E-state index contributed by atoms with van der Waals surface area (Å²) >= 11 is 12.1. The third kappa shape index (κ3) is 4.07. The summed E-state index contributed by atoms with van der Waals surface area (Å²) in [5, 5.41) is 4.61. The molecular weight excluding hydrogens is 283 g/mol. The van der Waals surface area contributed by atoms with E-state index in [-0.39, 0.29) is 6.10 Å². The number of hydrogen-bond donors (Lipinski definition) is 1. The molecule has 1 fully saturated rings. The summed E-state index contributed by atoms with van der Waals surface area (Å²) in [4.78, 5) is 2.15. The Morgan fingerprint density at radius 1 is 1.32 bits per heavy atom. The predicted octanol–water partition coefficient (Wildman–Crippen LogP) is 2.63. The van der Waals surface area contributed by atoms with Gasteiger partial charge in [-0.25, -0.2) is 0 Å². The van der Waals surface area contributed by atoms with E-state index in [0.29, 0.717) is 16.0 Å². The molecule has 1 aromatic carbocycles. The average molecular weight is 303 g/mol. The summed E-state index contributed by atoms with van der Waals surface area (Å²) in [6, 6.07) is 5.85. The lowest BCUT2D eigenvalue weighted by molar-refractivity contribution is 0.0342. The average Bonchev–Trinajstić information content (AvgIpc) is 2.57. The molecular formula is C14H20Cl2N2O. The number of nitrogens with zero attached hydrogens (tertiary/aromatic N) is 1. The smallest absolute Gasteiger partial charge is 0.0782 e. The van der Waals surface area contributed by atoms with Gasteiger partial charge >= 0.3 is 0 Å². The van der Waals surface area contributed by atoms with E-state index in [4.69, 9.17) is 27.9 Å².